The predicted molar refractivity (Wildman–Crippen MR) is 192 cm³/mol. The Hall–Kier alpha value is -4.72. The van der Waals surface area contributed by atoms with Gasteiger partial charge in [-0.2, -0.15) is 4.98 Å². The van der Waals surface area contributed by atoms with Gasteiger partial charge in [-0.25, -0.2) is 4.68 Å². The number of carbonyl (C=O) groups excluding carboxylic acids is 2. The van der Waals surface area contributed by atoms with Crippen molar-refractivity contribution in [2.24, 2.45) is 0 Å². The Balaban J connectivity index is 1.34. The average Bonchev–Trinajstić information content (AvgIpc) is 3.53. The largest absolute Gasteiger partial charge is 0.492 e. The summed E-state index contributed by atoms with van der Waals surface area (Å²) in [6.45, 7) is 8.33. The number of anilines is 2. The molecule has 1 aromatic heterocycles. The number of halogens is 1. The normalized spacial score (nSPS) is 15.6. The first-order valence-electron chi connectivity index (χ1n) is 16.4. The van der Waals surface area contributed by atoms with Gasteiger partial charge in [-0.1, -0.05) is 59.8 Å². The molecule has 2 aliphatic heterocycles. The van der Waals surface area contributed by atoms with Crippen LogP contribution in [0.25, 0.3) is 0 Å². The minimum Gasteiger partial charge on any atom is -0.492 e. The van der Waals surface area contributed by atoms with E-state index >= 15 is 0 Å². The lowest BCUT2D eigenvalue weighted by atomic mass is 9.94. The monoisotopic (exact) mass is 718 g/mol. The van der Waals surface area contributed by atoms with Crippen molar-refractivity contribution in [3.05, 3.63) is 94.1 Å². The molecule has 2 N–H and O–H groups in total. The van der Waals surface area contributed by atoms with Crippen LogP contribution in [-0.4, -0.2) is 77.6 Å². The summed E-state index contributed by atoms with van der Waals surface area (Å²) in [7, 11) is 0. The summed E-state index contributed by atoms with van der Waals surface area (Å²) in [5, 5.41) is 12.4. The Labute approximate surface area is 300 Å². The number of carbonyl (C=O) groups is 2. The molecule has 0 bridgehead atoms. The van der Waals surface area contributed by atoms with E-state index in [-0.39, 0.29) is 18.4 Å². The van der Waals surface area contributed by atoms with Gasteiger partial charge in [0.2, 0.25) is 11.1 Å². The molecule has 2 amide bonds. The molecule has 0 radical (unpaired) electrons. The zero-order valence-corrected chi connectivity index (χ0v) is 29.7. The summed E-state index contributed by atoms with van der Waals surface area (Å²) >= 11 is 7.86. The van der Waals surface area contributed by atoms with Crippen molar-refractivity contribution < 1.29 is 28.5 Å². The molecule has 6 rings (SSSR count). The zero-order valence-electron chi connectivity index (χ0n) is 28.1. The molecule has 0 aliphatic carbocycles. The molecule has 12 nitrogen and oxygen atoms in total. The van der Waals surface area contributed by atoms with E-state index in [0.29, 0.717) is 101 Å². The second kappa shape index (κ2) is 16.3. The van der Waals surface area contributed by atoms with Crippen molar-refractivity contribution in [2.75, 3.05) is 56.8 Å². The van der Waals surface area contributed by atoms with Crippen molar-refractivity contribution in [2.45, 2.75) is 37.7 Å². The SMILES string of the molecule is CCOc1ccccc1NC(=O)C1=C(C)Nc2nc(SCc3ccccc3Cl)nn2C1c1ccc(OCC(=O)N2CCOCC2)c(OCC)c1. The first-order chi connectivity index (χ1) is 24.4. The molecule has 3 aromatic carbocycles. The molecule has 0 spiro atoms. The van der Waals surface area contributed by atoms with E-state index in [4.69, 9.17) is 40.6 Å². The van der Waals surface area contributed by atoms with Crippen molar-refractivity contribution in [1.29, 1.82) is 0 Å². The van der Waals surface area contributed by atoms with Crippen molar-refractivity contribution in [3.63, 3.8) is 0 Å². The van der Waals surface area contributed by atoms with Crippen LogP contribution in [0, 0.1) is 0 Å². The zero-order chi connectivity index (χ0) is 35.0. The molecular formula is C36H39ClN6O6S. The number of thioether (sulfide) groups is 1. The summed E-state index contributed by atoms with van der Waals surface area (Å²) in [6, 6.07) is 19.7. The minimum absolute atomic E-state index is 0.128. The Morgan fingerprint density at radius 2 is 1.72 bits per heavy atom. The van der Waals surface area contributed by atoms with Crippen LogP contribution in [0.4, 0.5) is 11.6 Å². The van der Waals surface area contributed by atoms with Gasteiger partial charge < -0.3 is 34.5 Å². The van der Waals surface area contributed by atoms with E-state index < -0.39 is 6.04 Å². The summed E-state index contributed by atoms with van der Waals surface area (Å²) in [5.74, 6) is 1.99. The highest BCUT2D eigenvalue weighted by Crippen LogP contribution is 2.41. The Bertz CT molecular complexity index is 1880. The number of fused-ring (bicyclic) bond motifs is 1. The number of aromatic nitrogens is 3. The van der Waals surface area contributed by atoms with Gasteiger partial charge in [0, 0.05) is 29.6 Å². The predicted octanol–water partition coefficient (Wildman–Crippen LogP) is 6.19. The summed E-state index contributed by atoms with van der Waals surface area (Å²) in [4.78, 5) is 33.6. The molecule has 3 heterocycles. The summed E-state index contributed by atoms with van der Waals surface area (Å²) in [5.41, 5.74) is 3.25. The van der Waals surface area contributed by atoms with Crippen LogP contribution >= 0.6 is 23.4 Å². The summed E-state index contributed by atoms with van der Waals surface area (Å²) < 4.78 is 24.9. The lowest BCUT2D eigenvalue weighted by Crippen LogP contribution is -2.43. The molecule has 50 heavy (non-hydrogen) atoms. The molecule has 2 aliphatic rings. The third-order valence-corrected chi connectivity index (χ3v) is 9.38. The van der Waals surface area contributed by atoms with Gasteiger partial charge in [-0.15, -0.1) is 5.10 Å². The molecule has 1 unspecified atom stereocenters. The first-order valence-corrected chi connectivity index (χ1v) is 17.8. The lowest BCUT2D eigenvalue weighted by molar-refractivity contribution is -0.137. The smallest absolute Gasteiger partial charge is 0.260 e. The van der Waals surface area contributed by atoms with Gasteiger partial charge in [-0.3, -0.25) is 9.59 Å². The Morgan fingerprint density at radius 3 is 2.50 bits per heavy atom. The number of hydrogen-bond donors (Lipinski definition) is 2. The number of amides is 2. The molecule has 1 atom stereocenters. The molecule has 0 saturated carbocycles. The molecule has 14 heteroatoms. The highest BCUT2D eigenvalue weighted by molar-refractivity contribution is 7.98. The number of allylic oxidation sites excluding steroid dienone is 1. The van der Waals surface area contributed by atoms with Crippen LogP contribution in [0.1, 0.15) is 37.9 Å². The quantitative estimate of drug-likeness (QED) is 0.155. The molecule has 4 aromatic rings. The Kier molecular flexibility index (Phi) is 11.5. The third kappa shape index (κ3) is 8.01. The number of nitrogens with one attached hydrogen (secondary N) is 2. The fraction of sp³-hybridized carbons (Fsp3) is 0.333. The van der Waals surface area contributed by atoms with Crippen LogP contribution in [0.2, 0.25) is 5.02 Å². The van der Waals surface area contributed by atoms with Crippen LogP contribution in [0.15, 0.2) is 83.2 Å². The molecular weight excluding hydrogens is 680 g/mol. The topological polar surface area (TPSA) is 129 Å². The number of rotatable bonds is 13. The van der Waals surface area contributed by atoms with Gasteiger partial charge in [-0.05, 0) is 62.2 Å². The number of hydrogen-bond acceptors (Lipinski definition) is 10. The van der Waals surface area contributed by atoms with E-state index in [1.165, 1.54) is 11.8 Å². The van der Waals surface area contributed by atoms with Crippen LogP contribution in [-0.2, 0) is 20.1 Å². The molecule has 1 fully saturated rings. The highest BCUT2D eigenvalue weighted by atomic mass is 35.5. The van der Waals surface area contributed by atoms with Gasteiger partial charge in [0.25, 0.3) is 11.8 Å². The van der Waals surface area contributed by atoms with Gasteiger partial charge in [0.15, 0.2) is 18.1 Å². The molecule has 262 valence electrons. The minimum atomic E-state index is -0.698. The number of nitrogens with zero attached hydrogens (tertiary/aromatic N) is 4. The maximum absolute atomic E-state index is 14.2. The van der Waals surface area contributed by atoms with Gasteiger partial charge in [0.05, 0.1) is 37.7 Å². The second-order valence-electron chi connectivity index (χ2n) is 11.4. The third-order valence-electron chi connectivity index (χ3n) is 8.13. The number of para-hydroxylation sites is 2. The van der Waals surface area contributed by atoms with Crippen molar-refractivity contribution >= 4 is 46.8 Å². The second-order valence-corrected chi connectivity index (χ2v) is 12.8. The first kappa shape index (κ1) is 35.1. The fourth-order valence-corrected chi connectivity index (χ4v) is 6.83. The maximum Gasteiger partial charge on any atom is 0.260 e. The van der Waals surface area contributed by atoms with E-state index in [9.17, 15) is 9.59 Å². The highest BCUT2D eigenvalue weighted by Gasteiger charge is 2.35. The van der Waals surface area contributed by atoms with Crippen LogP contribution in [0.5, 0.6) is 17.2 Å². The van der Waals surface area contributed by atoms with E-state index in [0.717, 1.165) is 5.56 Å². The van der Waals surface area contributed by atoms with E-state index in [1.54, 1.807) is 21.7 Å². The fourth-order valence-electron chi connectivity index (χ4n) is 5.72. The summed E-state index contributed by atoms with van der Waals surface area (Å²) in [6.07, 6.45) is 0. The Morgan fingerprint density at radius 1 is 0.980 bits per heavy atom. The van der Waals surface area contributed by atoms with E-state index in [1.807, 2.05) is 75.4 Å². The molecule has 1 saturated heterocycles. The average molecular weight is 719 g/mol. The van der Waals surface area contributed by atoms with Crippen LogP contribution in [0.3, 0.4) is 0 Å². The van der Waals surface area contributed by atoms with Crippen molar-refractivity contribution in [1.82, 2.24) is 19.7 Å². The van der Waals surface area contributed by atoms with Crippen molar-refractivity contribution in [3.8, 4) is 17.2 Å². The number of morpholine rings is 1. The van der Waals surface area contributed by atoms with Gasteiger partial charge >= 0.3 is 0 Å². The van der Waals surface area contributed by atoms with E-state index in [2.05, 4.69) is 10.6 Å². The van der Waals surface area contributed by atoms with Crippen LogP contribution < -0.4 is 24.8 Å². The van der Waals surface area contributed by atoms with Gasteiger partial charge in [0.1, 0.15) is 11.8 Å². The number of ether oxygens (including phenoxy) is 4. The number of benzene rings is 3. The maximum atomic E-state index is 14.2. The standard InChI is InChI=1S/C36H39ClN6O6S/c1-4-47-28-13-9-8-12-27(28)39-34(45)32-23(3)38-35-40-36(50-22-25-10-6-7-11-26(25)37)41-43(35)33(32)24-14-15-29(30(20-24)48-5-2)49-21-31(44)42-16-18-46-19-17-42/h6-15,20,33H,4-5,16-19,21-22H2,1-3H3,(H,39,45)(H,38,40,41). The lowest BCUT2D eigenvalue weighted by Gasteiger charge is -2.29.